The largest absolute Gasteiger partial charge is 0.495 e. The number of ether oxygens (including phenoxy) is 4. The molecule has 1 aliphatic heterocycles. The number of nitrogens with zero attached hydrogens (tertiary/aromatic N) is 1. The van der Waals surface area contributed by atoms with Crippen LogP contribution in [0.2, 0.25) is 0 Å². The van der Waals surface area contributed by atoms with Gasteiger partial charge in [0, 0.05) is 0 Å². The Kier molecular flexibility index (Phi) is 6.08. The van der Waals surface area contributed by atoms with E-state index in [4.69, 9.17) is 23.5 Å². The van der Waals surface area contributed by atoms with E-state index in [1.807, 2.05) is 0 Å². The molecule has 0 saturated carbocycles. The van der Waals surface area contributed by atoms with Crippen molar-refractivity contribution in [1.82, 2.24) is 5.16 Å². The Morgan fingerprint density at radius 1 is 1.06 bits per heavy atom. The van der Waals surface area contributed by atoms with Crippen molar-refractivity contribution in [2.45, 2.75) is 24.2 Å². The number of nitrogens with one attached hydrogen (secondary N) is 1. The van der Waals surface area contributed by atoms with Gasteiger partial charge in [0.05, 0.1) is 33.0 Å². The monoisotopic (exact) mass is 462 g/mol. The lowest BCUT2D eigenvalue weighted by atomic mass is 10.1. The highest BCUT2D eigenvalue weighted by Crippen LogP contribution is 2.38. The summed E-state index contributed by atoms with van der Waals surface area (Å²) in [4.78, 5) is 11.9. The van der Waals surface area contributed by atoms with Crippen molar-refractivity contribution in [1.29, 1.82) is 0 Å². The average Bonchev–Trinajstić information content (AvgIpc) is 3.18. The second-order valence-electron chi connectivity index (χ2n) is 7.02. The van der Waals surface area contributed by atoms with E-state index < -0.39 is 16.0 Å². The Morgan fingerprint density at radius 3 is 2.53 bits per heavy atom. The van der Waals surface area contributed by atoms with Crippen molar-refractivity contribution in [3.05, 3.63) is 35.9 Å². The minimum Gasteiger partial charge on any atom is -0.495 e. The van der Waals surface area contributed by atoms with Crippen LogP contribution in [0.15, 0.2) is 39.8 Å². The molecule has 10 nitrogen and oxygen atoms in total. The molecule has 11 heteroatoms. The fourth-order valence-electron chi connectivity index (χ4n) is 3.41. The number of carbonyl (C=O) groups excluding carboxylic acids is 1. The van der Waals surface area contributed by atoms with Gasteiger partial charge in [0.2, 0.25) is 0 Å². The van der Waals surface area contributed by atoms with E-state index in [9.17, 15) is 13.2 Å². The molecule has 0 amide bonds. The van der Waals surface area contributed by atoms with E-state index in [2.05, 4.69) is 9.88 Å². The van der Waals surface area contributed by atoms with Crippen LogP contribution in [0.4, 0.5) is 5.82 Å². The Morgan fingerprint density at radius 2 is 1.81 bits per heavy atom. The van der Waals surface area contributed by atoms with Gasteiger partial charge >= 0.3 is 5.97 Å². The number of fused-ring (bicyclic) bond motifs is 1. The lowest BCUT2D eigenvalue weighted by molar-refractivity contribution is 0.0600. The van der Waals surface area contributed by atoms with Crippen molar-refractivity contribution in [2.75, 3.05) is 32.2 Å². The third-order valence-electron chi connectivity index (χ3n) is 4.93. The molecule has 3 aromatic rings. The van der Waals surface area contributed by atoms with Gasteiger partial charge in [-0.3, -0.25) is 4.72 Å². The molecule has 0 unspecified atom stereocenters. The van der Waals surface area contributed by atoms with Gasteiger partial charge in [0.1, 0.15) is 22.6 Å². The van der Waals surface area contributed by atoms with Crippen LogP contribution >= 0.6 is 0 Å². The predicted octanol–water partition coefficient (Wildman–Crippen LogP) is 3.37. The fraction of sp³-hybridized carbons (Fsp3) is 0.333. The molecule has 32 heavy (non-hydrogen) atoms. The number of hydrogen-bond acceptors (Lipinski definition) is 9. The molecule has 0 fully saturated rings. The van der Waals surface area contributed by atoms with Crippen LogP contribution in [0.3, 0.4) is 0 Å². The SMILES string of the molecule is COC(=O)c1cc2c3c(noc3c1)NS(=O)(=O)c1c(OC)cccc1OCCCCCO2. The van der Waals surface area contributed by atoms with E-state index >= 15 is 0 Å². The molecule has 0 radical (unpaired) electrons. The zero-order valence-electron chi connectivity index (χ0n) is 17.5. The van der Waals surface area contributed by atoms with Gasteiger partial charge in [-0.05, 0) is 43.5 Å². The average molecular weight is 462 g/mol. The third kappa shape index (κ3) is 4.15. The molecular weight excluding hydrogens is 440 g/mol. The lowest BCUT2D eigenvalue weighted by Crippen LogP contribution is -2.17. The summed E-state index contributed by atoms with van der Waals surface area (Å²) in [5.74, 6) is -0.109. The van der Waals surface area contributed by atoms with Crippen molar-refractivity contribution in [3.8, 4) is 17.2 Å². The van der Waals surface area contributed by atoms with E-state index in [0.29, 0.717) is 19.6 Å². The maximum atomic E-state index is 13.3. The first-order valence-electron chi connectivity index (χ1n) is 9.92. The molecule has 0 atom stereocenters. The maximum Gasteiger partial charge on any atom is 0.338 e. The summed E-state index contributed by atoms with van der Waals surface area (Å²) < 4.78 is 56.1. The number of sulfonamides is 1. The number of carbonyl (C=O) groups is 1. The normalized spacial score (nSPS) is 15.9. The van der Waals surface area contributed by atoms with Gasteiger partial charge in [-0.25, -0.2) is 13.2 Å². The highest BCUT2D eigenvalue weighted by Gasteiger charge is 2.29. The van der Waals surface area contributed by atoms with Gasteiger partial charge < -0.3 is 23.5 Å². The fourth-order valence-corrected chi connectivity index (χ4v) is 4.72. The first kappa shape index (κ1) is 21.8. The minimum atomic E-state index is -4.19. The molecular formula is C21H22N2O8S. The highest BCUT2D eigenvalue weighted by molar-refractivity contribution is 7.93. The number of anilines is 1. The molecule has 2 aromatic carbocycles. The van der Waals surface area contributed by atoms with E-state index in [0.717, 1.165) is 12.8 Å². The molecule has 0 aliphatic carbocycles. The van der Waals surface area contributed by atoms with Crippen molar-refractivity contribution in [2.24, 2.45) is 0 Å². The standard InChI is InChI=1S/C21H22N2O8S/c1-27-14-7-6-8-15-19(14)32(25,26)23-20-18-16(30-10-5-3-4-9-29-15)11-13(21(24)28-2)12-17(18)31-22-20/h6-8,11-12H,3-5,9-10H2,1-2H3,(H,22,23). The number of esters is 1. The van der Waals surface area contributed by atoms with Gasteiger partial charge in [0.15, 0.2) is 16.3 Å². The number of hydrogen-bond donors (Lipinski definition) is 1. The van der Waals surface area contributed by atoms with Gasteiger partial charge in [0.25, 0.3) is 10.0 Å². The predicted molar refractivity (Wildman–Crippen MR) is 114 cm³/mol. The Labute approximate surface area is 184 Å². The molecule has 1 aliphatic rings. The summed E-state index contributed by atoms with van der Waals surface area (Å²) >= 11 is 0. The maximum absolute atomic E-state index is 13.3. The zero-order valence-corrected chi connectivity index (χ0v) is 18.4. The van der Waals surface area contributed by atoms with Crippen LogP contribution in [0.1, 0.15) is 29.6 Å². The third-order valence-corrected chi connectivity index (χ3v) is 6.33. The summed E-state index contributed by atoms with van der Waals surface area (Å²) in [5, 5.41) is 4.15. The second kappa shape index (κ2) is 8.95. The first-order valence-corrected chi connectivity index (χ1v) is 11.4. The van der Waals surface area contributed by atoms with Crippen LogP contribution in [0.25, 0.3) is 11.0 Å². The smallest absolute Gasteiger partial charge is 0.338 e. The van der Waals surface area contributed by atoms with Crippen LogP contribution in [0, 0.1) is 0 Å². The molecule has 4 rings (SSSR count). The van der Waals surface area contributed by atoms with E-state index in [-0.39, 0.29) is 44.5 Å². The zero-order chi connectivity index (χ0) is 22.7. The summed E-state index contributed by atoms with van der Waals surface area (Å²) in [5.41, 5.74) is 0.367. The topological polar surface area (TPSA) is 126 Å². The Bertz CT molecular complexity index is 1250. The van der Waals surface area contributed by atoms with Gasteiger partial charge in [-0.2, -0.15) is 0 Å². The Balaban J connectivity index is 1.88. The van der Waals surface area contributed by atoms with Crippen LogP contribution in [-0.2, 0) is 14.8 Å². The van der Waals surface area contributed by atoms with Crippen LogP contribution in [0.5, 0.6) is 17.2 Å². The van der Waals surface area contributed by atoms with Crippen LogP contribution < -0.4 is 18.9 Å². The number of methoxy groups -OCH3 is 2. The van der Waals surface area contributed by atoms with Crippen molar-refractivity contribution >= 4 is 32.8 Å². The second-order valence-corrected chi connectivity index (χ2v) is 8.64. The summed E-state index contributed by atoms with van der Waals surface area (Å²) in [6, 6.07) is 7.65. The van der Waals surface area contributed by atoms with Crippen molar-refractivity contribution in [3.63, 3.8) is 0 Å². The summed E-state index contributed by atoms with van der Waals surface area (Å²) in [6.45, 7) is 0.675. The molecule has 0 saturated heterocycles. The number of rotatable bonds is 2. The quantitative estimate of drug-likeness (QED) is 0.570. The lowest BCUT2D eigenvalue weighted by Gasteiger charge is -2.16. The van der Waals surface area contributed by atoms with E-state index in [1.165, 1.54) is 32.4 Å². The number of benzene rings is 2. The van der Waals surface area contributed by atoms with Gasteiger partial charge in [-0.15, -0.1) is 0 Å². The molecule has 170 valence electrons. The molecule has 2 heterocycles. The highest BCUT2D eigenvalue weighted by atomic mass is 32.2. The minimum absolute atomic E-state index is 0.0830. The van der Waals surface area contributed by atoms with Gasteiger partial charge in [-0.1, -0.05) is 11.2 Å². The Hall–Kier alpha value is -3.47. The number of aromatic nitrogens is 1. The van der Waals surface area contributed by atoms with Crippen LogP contribution in [-0.4, -0.2) is 47.0 Å². The van der Waals surface area contributed by atoms with E-state index in [1.54, 1.807) is 12.1 Å². The van der Waals surface area contributed by atoms with Crippen molar-refractivity contribution < 1.29 is 36.7 Å². The molecule has 0 spiro atoms. The summed E-state index contributed by atoms with van der Waals surface area (Å²) in [7, 11) is -1.55. The summed E-state index contributed by atoms with van der Waals surface area (Å²) in [6.07, 6.45) is 2.22. The molecule has 1 N–H and O–H groups in total. The molecule has 1 aromatic heterocycles. The first-order chi connectivity index (χ1) is 15.4. The molecule has 0 bridgehead atoms.